The Bertz CT molecular complexity index is 840. The molecule has 106 valence electrons. The highest BCUT2D eigenvalue weighted by atomic mass is 79.9. The van der Waals surface area contributed by atoms with Crippen LogP contribution in [0.3, 0.4) is 0 Å². The molecule has 1 heterocycles. The molecule has 0 saturated heterocycles. The molecule has 0 aliphatic carbocycles. The van der Waals surface area contributed by atoms with E-state index >= 15 is 0 Å². The van der Waals surface area contributed by atoms with E-state index in [4.69, 9.17) is 0 Å². The normalized spacial score (nSPS) is 10.8. The Labute approximate surface area is 130 Å². The second kappa shape index (κ2) is 5.69. The predicted molar refractivity (Wildman–Crippen MR) is 87.9 cm³/mol. The first-order valence-electron chi connectivity index (χ1n) is 6.62. The minimum atomic E-state index is -0.0739. The molecule has 0 saturated carbocycles. The van der Waals surface area contributed by atoms with Crippen molar-refractivity contribution in [3.8, 4) is 0 Å². The summed E-state index contributed by atoms with van der Waals surface area (Å²) < 4.78 is 2.54. The molecule has 21 heavy (non-hydrogen) atoms. The van der Waals surface area contributed by atoms with Crippen molar-refractivity contribution >= 4 is 26.8 Å². The monoisotopic (exact) mass is 343 g/mol. The van der Waals surface area contributed by atoms with Gasteiger partial charge in [-0.25, -0.2) is 9.66 Å². The first-order valence-corrected chi connectivity index (χ1v) is 7.41. The summed E-state index contributed by atoms with van der Waals surface area (Å²) in [6.45, 7) is 2.39. The summed E-state index contributed by atoms with van der Waals surface area (Å²) in [6.07, 6.45) is 0. The molecule has 0 unspecified atom stereocenters. The van der Waals surface area contributed by atoms with Gasteiger partial charge in [-0.3, -0.25) is 4.79 Å². The molecule has 5 heteroatoms. The van der Waals surface area contributed by atoms with Gasteiger partial charge in [0.15, 0.2) is 0 Å². The van der Waals surface area contributed by atoms with Crippen molar-refractivity contribution in [2.24, 2.45) is 0 Å². The molecule has 1 N–H and O–H groups in total. The van der Waals surface area contributed by atoms with Gasteiger partial charge in [-0.2, -0.15) is 0 Å². The lowest BCUT2D eigenvalue weighted by Gasteiger charge is -2.13. The van der Waals surface area contributed by atoms with Crippen LogP contribution in [0.4, 0.5) is 0 Å². The van der Waals surface area contributed by atoms with E-state index in [1.165, 1.54) is 4.68 Å². The van der Waals surface area contributed by atoms with Crippen LogP contribution in [0.15, 0.2) is 57.8 Å². The smallest absolute Gasteiger partial charge is 0.279 e. The largest absolute Gasteiger partial charge is 0.317 e. The predicted octanol–water partition coefficient (Wildman–Crippen LogP) is 3.21. The number of hydrogen-bond acceptors (Lipinski definition) is 3. The van der Waals surface area contributed by atoms with Crippen LogP contribution in [0.1, 0.15) is 11.4 Å². The van der Waals surface area contributed by atoms with Crippen LogP contribution < -0.4 is 11.0 Å². The number of nitrogens with one attached hydrogen (secondary N) is 1. The van der Waals surface area contributed by atoms with Crippen molar-refractivity contribution in [2.45, 2.75) is 13.5 Å². The maximum atomic E-state index is 12.5. The van der Waals surface area contributed by atoms with Crippen LogP contribution in [0.25, 0.3) is 10.9 Å². The SMILES string of the molecule is Cc1nc2ccccc2c(=O)n1NCc1ccc(Br)cc1. The van der Waals surface area contributed by atoms with Crippen molar-refractivity contribution < 1.29 is 0 Å². The van der Waals surface area contributed by atoms with Crippen LogP contribution in [0.5, 0.6) is 0 Å². The molecule has 3 aromatic rings. The molecule has 0 atom stereocenters. The Balaban J connectivity index is 1.93. The van der Waals surface area contributed by atoms with Crippen LogP contribution in [0, 0.1) is 6.92 Å². The van der Waals surface area contributed by atoms with Gasteiger partial charge in [0.05, 0.1) is 17.4 Å². The molecule has 0 aliphatic heterocycles. The summed E-state index contributed by atoms with van der Waals surface area (Å²) in [5, 5.41) is 0.617. The van der Waals surface area contributed by atoms with Gasteiger partial charge in [-0.15, -0.1) is 0 Å². The number of halogens is 1. The average Bonchev–Trinajstić information content (AvgIpc) is 2.49. The molecular formula is C16H14BrN3O. The second-order valence-corrected chi connectivity index (χ2v) is 5.69. The molecule has 0 amide bonds. The number of aryl methyl sites for hydroxylation is 1. The third-order valence-corrected chi connectivity index (χ3v) is 3.83. The van der Waals surface area contributed by atoms with Gasteiger partial charge in [-0.05, 0) is 36.8 Å². The molecule has 1 aromatic heterocycles. The standard InChI is InChI=1S/C16H14BrN3O/c1-11-19-15-5-3-2-4-14(15)16(21)20(11)18-10-12-6-8-13(17)9-7-12/h2-9,18H,10H2,1H3. The molecule has 0 aliphatic rings. The Kier molecular flexibility index (Phi) is 3.75. The summed E-state index contributed by atoms with van der Waals surface area (Å²) in [5.74, 6) is 0.649. The highest BCUT2D eigenvalue weighted by Crippen LogP contribution is 2.11. The summed E-state index contributed by atoms with van der Waals surface area (Å²) in [6, 6.07) is 15.3. The third-order valence-electron chi connectivity index (χ3n) is 3.30. The summed E-state index contributed by atoms with van der Waals surface area (Å²) >= 11 is 3.41. The Morgan fingerprint density at radius 1 is 1.14 bits per heavy atom. The summed E-state index contributed by atoms with van der Waals surface area (Å²) in [7, 11) is 0. The molecule has 0 fully saturated rings. The minimum absolute atomic E-state index is 0.0739. The zero-order valence-electron chi connectivity index (χ0n) is 11.5. The number of nitrogens with zero attached hydrogens (tertiary/aromatic N) is 2. The van der Waals surface area contributed by atoms with E-state index in [9.17, 15) is 4.79 Å². The first-order chi connectivity index (χ1) is 10.1. The zero-order valence-corrected chi connectivity index (χ0v) is 13.1. The lowest BCUT2D eigenvalue weighted by molar-refractivity contribution is 0.754. The molecular weight excluding hydrogens is 330 g/mol. The van der Waals surface area contributed by atoms with Crippen molar-refractivity contribution in [1.29, 1.82) is 0 Å². The Hall–Kier alpha value is -2.14. The molecule has 0 radical (unpaired) electrons. The van der Waals surface area contributed by atoms with Gasteiger partial charge in [0.2, 0.25) is 0 Å². The van der Waals surface area contributed by atoms with Gasteiger partial charge in [0.1, 0.15) is 5.82 Å². The number of fused-ring (bicyclic) bond motifs is 1. The maximum Gasteiger partial charge on any atom is 0.279 e. The lowest BCUT2D eigenvalue weighted by atomic mass is 10.2. The number of rotatable bonds is 3. The van der Waals surface area contributed by atoms with Gasteiger partial charge in [-0.1, -0.05) is 40.2 Å². The van der Waals surface area contributed by atoms with Crippen molar-refractivity contribution in [3.05, 3.63) is 74.7 Å². The highest BCUT2D eigenvalue weighted by molar-refractivity contribution is 9.10. The van der Waals surface area contributed by atoms with E-state index in [-0.39, 0.29) is 5.56 Å². The van der Waals surface area contributed by atoms with Crippen LogP contribution >= 0.6 is 15.9 Å². The highest BCUT2D eigenvalue weighted by Gasteiger charge is 2.07. The molecule has 2 aromatic carbocycles. The summed E-state index contributed by atoms with van der Waals surface area (Å²) in [4.78, 5) is 16.9. The molecule has 4 nitrogen and oxygen atoms in total. The van der Waals surface area contributed by atoms with E-state index in [2.05, 4.69) is 26.3 Å². The van der Waals surface area contributed by atoms with Crippen molar-refractivity contribution in [3.63, 3.8) is 0 Å². The van der Waals surface area contributed by atoms with E-state index < -0.39 is 0 Å². The fraction of sp³-hybridized carbons (Fsp3) is 0.125. The van der Waals surface area contributed by atoms with Gasteiger partial charge < -0.3 is 5.43 Å². The minimum Gasteiger partial charge on any atom is -0.317 e. The Morgan fingerprint density at radius 3 is 2.62 bits per heavy atom. The van der Waals surface area contributed by atoms with E-state index in [1.54, 1.807) is 6.07 Å². The van der Waals surface area contributed by atoms with Crippen LogP contribution in [0.2, 0.25) is 0 Å². The second-order valence-electron chi connectivity index (χ2n) is 4.78. The number of hydrogen-bond donors (Lipinski definition) is 1. The van der Waals surface area contributed by atoms with E-state index in [1.807, 2.05) is 49.4 Å². The first kappa shape index (κ1) is 13.8. The topological polar surface area (TPSA) is 46.9 Å². The average molecular weight is 344 g/mol. The quantitative estimate of drug-likeness (QED) is 0.794. The van der Waals surface area contributed by atoms with Gasteiger partial charge >= 0.3 is 0 Å². The number of para-hydroxylation sites is 1. The summed E-state index contributed by atoms with van der Waals surface area (Å²) in [5.41, 5.74) is 4.88. The number of aromatic nitrogens is 2. The number of benzene rings is 2. The van der Waals surface area contributed by atoms with Crippen LogP contribution in [-0.4, -0.2) is 9.66 Å². The molecule has 0 spiro atoms. The van der Waals surface area contributed by atoms with E-state index in [0.717, 1.165) is 15.6 Å². The maximum absolute atomic E-state index is 12.5. The lowest BCUT2D eigenvalue weighted by Crippen LogP contribution is -2.31. The van der Waals surface area contributed by atoms with E-state index in [0.29, 0.717) is 17.8 Å². The van der Waals surface area contributed by atoms with Gasteiger partial charge in [0.25, 0.3) is 5.56 Å². The third kappa shape index (κ3) is 2.83. The molecule has 0 bridgehead atoms. The molecule has 3 rings (SSSR count). The van der Waals surface area contributed by atoms with Crippen molar-refractivity contribution in [2.75, 3.05) is 5.43 Å². The van der Waals surface area contributed by atoms with Crippen molar-refractivity contribution in [1.82, 2.24) is 9.66 Å². The zero-order chi connectivity index (χ0) is 14.8. The fourth-order valence-electron chi connectivity index (χ4n) is 2.20. The Morgan fingerprint density at radius 2 is 1.86 bits per heavy atom. The van der Waals surface area contributed by atoms with Gasteiger partial charge in [0, 0.05) is 4.47 Å². The van der Waals surface area contributed by atoms with Crippen LogP contribution in [-0.2, 0) is 6.54 Å². The fourth-order valence-corrected chi connectivity index (χ4v) is 2.47.